The van der Waals surface area contributed by atoms with Gasteiger partial charge in [0.1, 0.15) is 17.4 Å². The summed E-state index contributed by atoms with van der Waals surface area (Å²) in [6.45, 7) is -7.00. The van der Waals surface area contributed by atoms with Gasteiger partial charge >= 0.3 is 0 Å². The van der Waals surface area contributed by atoms with Gasteiger partial charge in [-0.25, -0.2) is 9.97 Å². The van der Waals surface area contributed by atoms with Crippen LogP contribution in [0, 0.1) is 0 Å². The molecule has 8 rings (SSSR count). The Bertz CT molecular complexity index is 3250. The van der Waals surface area contributed by atoms with Crippen molar-refractivity contribution in [3.05, 3.63) is 150 Å². The third-order valence-corrected chi connectivity index (χ3v) is 9.97. The van der Waals surface area contributed by atoms with Gasteiger partial charge < -0.3 is 5.11 Å². The summed E-state index contributed by atoms with van der Waals surface area (Å²) < 4.78 is 143. The van der Waals surface area contributed by atoms with Crippen LogP contribution in [0.3, 0.4) is 0 Å². The second kappa shape index (κ2) is 14.4. The molecule has 0 saturated heterocycles. The molecule has 5 heteroatoms. The summed E-state index contributed by atoms with van der Waals surface area (Å²) in [5.41, 5.74) is 2.05. The number of nitrogens with zero attached hydrogens (tertiary/aromatic N) is 4. The minimum atomic E-state index is -2.97. The summed E-state index contributed by atoms with van der Waals surface area (Å²) >= 11 is 0. The number of aromatic nitrogens is 4. The van der Waals surface area contributed by atoms with Crippen LogP contribution in [0.1, 0.15) is 123 Å². The first-order valence-electron chi connectivity index (χ1n) is 25.9. The van der Waals surface area contributed by atoms with Crippen molar-refractivity contribution in [1.82, 2.24) is 19.1 Å². The molecule has 1 N–H and O–H groups in total. The van der Waals surface area contributed by atoms with E-state index in [-0.39, 0.29) is 67.6 Å². The number of imidazole rings is 2. The highest BCUT2D eigenvalue weighted by Gasteiger charge is 2.27. The maximum Gasteiger partial charge on any atom is 0.149 e. The van der Waals surface area contributed by atoms with E-state index in [1.165, 1.54) is 74.7 Å². The van der Waals surface area contributed by atoms with Crippen molar-refractivity contribution in [2.75, 3.05) is 0 Å². The minimum absolute atomic E-state index is 0.0157. The number of aromatic hydroxyl groups is 1. The molecule has 0 amide bonds. The smallest absolute Gasteiger partial charge is 0.149 e. The topological polar surface area (TPSA) is 55.9 Å². The summed E-state index contributed by atoms with van der Waals surface area (Å²) in [6.07, 6.45) is 0. The molecule has 5 nitrogen and oxygen atoms in total. The summed E-state index contributed by atoms with van der Waals surface area (Å²) in [7, 11) is 0. The van der Waals surface area contributed by atoms with E-state index in [0.717, 1.165) is 0 Å². The van der Waals surface area contributed by atoms with E-state index in [0.29, 0.717) is 27.7 Å². The molecule has 0 fully saturated rings. The van der Waals surface area contributed by atoms with E-state index in [1.54, 1.807) is 89.5 Å². The molecule has 6 aromatic carbocycles. The van der Waals surface area contributed by atoms with Crippen molar-refractivity contribution < 1.29 is 27.0 Å². The Labute approximate surface area is 347 Å². The number of para-hydroxylation sites is 5. The summed E-state index contributed by atoms with van der Waals surface area (Å²) in [6, 6.07) is 33.9. The Kier molecular flexibility index (Phi) is 5.70. The van der Waals surface area contributed by atoms with Gasteiger partial charge in [0, 0.05) is 38.6 Å². The van der Waals surface area contributed by atoms with Gasteiger partial charge in [-0.15, -0.1) is 0 Å². The van der Waals surface area contributed by atoms with E-state index < -0.39 is 51.0 Å². The lowest BCUT2D eigenvalue weighted by atomic mass is 9.92. The van der Waals surface area contributed by atoms with E-state index >= 15 is 0 Å². The van der Waals surface area contributed by atoms with Gasteiger partial charge in [0.05, 0.1) is 39.0 Å². The molecular formula is C50H50N4O. The van der Waals surface area contributed by atoms with Crippen molar-refractivity contribution in [1.29, 1.82) is 0 Å². The van der Waals surface area contributed by atoms with E-state index in [1.807, 2.05) is 0 Å². The Morgan fingerprint density at radius 2 is 0.873 bits per heavy atom. The number of hydrogen-bond acceptors (Lipinski definition) is 3. The van der Waals surface area contributed by atoms with Gasteiger partial charge in [-0.05, 0) is 70.1 Å². The Hall–Kier alpha value is -5.94. The molecule has 4 atom stereocenters. The van der Waals surface area contributed by atoms with E-state index in [4.69, 9.17) is 26.4 Å². The second-order valence-corrected chi connectivity index (χ2v) is 13.7. The molecule has 0 saturated carbocycles. The Balaban J connectivity index is 1.56. The molecule has 0 radical (unpaired) electrons. The quantitative estimate of drug-likeness (QED) is 0.160. The van der Waals surface area contributed by atoms with Crippen molar-refractivity contribution in [3.8, 4) is 51.0 Å². The summed E-state index contributed by atoms with van der Waals surface area (Å²) in [4.78, 5) is 10.4. The normalized spacial score (nSPS) is 21.5. The van der Waals surface area contributed by atoms with Crippen LogP contribution in [-0.2, 0) is 0 Å². The first-order valence-corrected chi connectivity index (χ1v) is 17.9. The fraction of sp³-hybridized carbons (Fsp3) is 0.240. The minimum Gasteiger partial charge on any atom is -0.507 e. The van der Waals surface area contributed by atoms with Crippen LogP contribution in [0.4, 0.5) is 0 Å². The van der Waals surface area contributed by atoms with Crippen molar-refractivity contribution in [2.24, 2.45) is 0 Å². The van der Waals surface area contributed by atoms with Gasteiger partial charge in [0.2, 0.25) is 0 Å². The number of fused-ring (bicyclic) bond motifs is 2. The average Bonchev–Trinajstić information content (AvgIpc) is 3.87. The molecular weight excluding hydrogens is 673 g/mol. The van der Waals surface area contributed by atoms with Crippen LogP contribution < -0.4 is 0 Å². The lowest BCUT2D eigenvalue weighted by molar-refractivity contribution is 0.477. The third-order valence-electron chi connectivity index (χ3n) is 9.97. The van der Waals surface area contributed by atoms with Crippen molar-refractivity contribution >= 4 is 22.1 Å². The number of rotatable bonds is 9. The molecule has 0 aliphatic carbocycles. The fourth-order valence-corrected chi connectivity index (χ4v) is 7.49. The monoisotopic (exact) mass is 738 g/mol. The SMILES string of the molecule is [2H]C([2H])([2H])C([2H])(C)c1cccc(C([2H])(C)C([2H])([2H])[2H])c1-n1c(-c2ccccc2)nc2c(-c3cccc4c3nc(-c3ccccc3O)n4-c3c(C([2H])(C)C([2H])([2H])[2H])cccc3C([2H])(C)C([2H])([2H])[2H])cccc21. The number of phenols is 1. The molecule has 2 aromatic heterocycles. The molecule has 8 aromatic rings. The zero-order chi connectivity index (χ0) is 52.2. The van der Waals surface area contributed by atoms with E-state index in [9.17, 15) is 10.6 Å². The van der Waals surface area contributed by atoms with Crippen molar-refractivity contribution in [2.45, 2.75) is 78.7 Å². The highest BCUT2D eigenvalue weighted by molar-refractivity contribution is 6.04. The van der Waals surface area contributed by atoms with Crippen LogP contribution in [-0.4, -0.2) is 24.2 Å². The maximum atomic E-state index is 11.5. The zero-order valence-corrected chi connectivity index (χ0v) is 30.9. The van der Waals surface area contributed by atoms with Gasteiger partial charge in [0.15, 0.2) is 0 Å². The molecule has 55 heavy (non-hydrogen) atoms. The number of phenolic OH excluding ortho intramolecular Hbond substituents is 1. The highest BCUT2D eigenvalue weighted by atomic mass is 16.3. The molecule has 2 heterocycles. The average molecular weight is 739 g/mol. The Morgan fingerprint density at radius 3 is 1.35 bits per heavy atom. The van der Waals surface area contributed by atoms with Crippen LogP contribution in [0.15, 0.2) is 127 Å². The molecule has 0 aliphatic rings. The molecule has 4 unspecified atom stereocenters. The molecule has 0 spiro atoms. The van der Waals surface area contributed by atoms with Gasteiger partial charge in [-0.3, -0.25) is 9.13 Å². The third kappa shape index (κ3) is 6.12. The van der Waals surface area contributed by atoms with Crippen LogP contribution in [0.5, 0.6) is 5.75 Å². The lowest BCUT2D eigenvalue weighted by Gasteiger charge is -2.23. The second-order valence-electron chi connectivity index (χ2n) is 13.7. The highest BCUT2D eigenvalue weighted by Crippen LogP contribution is 2.44. The molecule has 0 bridgehead atoms. The number of hydrogen-bond donors (Lipinski definition) is 1. The predicted molar refractivity (Wildman–Crippen MR) is 230 cm³/mol. The number of benzene rings is 6. The van der Waals surface area contributed by atoms with Gasteiger partial charge in [0.25, 0.3) is 0 Å². The van der Waals surface area contributed by atoms with E-state index in [2.05, 4.69) is 0 Å². The fourth-order valence-electron chi connectivity index (χ4n) is 7.49. The van der Waals surface area contributed by atoms with Crippen LogP contribution >= 0.6 is 0 Å². The molecule has 276 valence electrons. The van der Waals surface area contributed by atoms with Crippen LogP contribution in [0.2, 0.25) is 0 Å². The first kappa shape index (κ1) is 21.8. The Morgan fingerprint density at radius 1 is 0.473 bits per heavy atom. The van der Waals surface area contributed by atoms with Gasteiger partial charge in [-0.2, -0.15) is 0 Å². The zero-order valence-electron chi connectivity index (χ0n) is 46.9. The largest absolute Gasteiger partial charge is 0.507 e. The first-order chi connectivity index (χ1) is 32.8. The van der Waals surface area contributed by atoms with Crippen LogP contribution in [0.25, 0.3) is 67.3 Å². The lowest BCUT2D eigenvalue weighted by Crippen LogP contribution is -2.08. The van der Waals surface area contributed by atoms with Gasteiger partial charge in [-0.1, -0.05) is 158 Å². The van der Waals surface area contributed by atoms with Crippen molar-refractivity contribution in [3.63, 3.8) is 0 Å². The summed E-state index contributed by atoms with van der Waals surface area (Å²) in [5, 5.41) is 11.5. The molecule has 0 aliphatic heterocycles. The predicted octanol–water partition coefficient (Wildman–Crippen LogP) is 13.6. The standard InChI is InChI=1S/C50H50N4O/c1-30(2)35-21-14-22-36(31(3)4)47(35)53-42-27-16-25-39(45(42)51-49(53)34-18-10-9-11-19-34)40-26-17-28-43-46(40)52-50(41-20-12-13-29-44(41)55)54(43)48-37(32(5)6)23-15-24-38(48)33(7)8/h9-33,55H,1-8H3/i1D3,3D3,5D3,7D3,30D,31D,32D,33D. The summed E-state index contributed by atoms with van der Waals surface area (Å²) in [5.74, 6) is -9.48. The maximum absolute atomic E-state index is 11.5.